The van der Waals surface area contributed by atoms with Crippen molar-refractivity contribution in [2.45, 2.75) is 38.8 Å². The number of nitrogens with one attached hydrogen (secondary N) is 2. The second-order valence-corrected chi connectivity index (χ2v) is 6.27. The Morgan fingerprint density at radius 2 is 2.36 bits per heavy atom. The first-order chi connectivity index (χ1) is 12.1. The minimum atomic E-state index is -2.89. The Morgan fingerprint density at radius 1 is 1.52 bits per heavy atom. The fourth-order valence-electron chi connectivity index (χ4n) is 3.29. The van der Waals surface area contributed by atoms with E-state index in [1.54, 1.807) is 6.07 Å². The smallest absolute Gasteiger partial charge is 0.387 e. The molecule has 8 heteroatoms. The number of halogens is 2. The van der Waals surface area contributed by atoms with Crippen molar-refractivity contribution in [3.8, 4) is 5.75 Å². The monoisotopic (exact) mass is 352 g/mol. The van der Waals surface area contributed by atoms with Crippen molar-refractivity contribution in [2.24, 2.45) is 0 Å². The molecule has 0 saturated carbocycles. The van der Waals surface area contributed by atoms with E-state index >= 15 is 0 Å². The van der Waals surface area contributed by atoms with E-state index in [9.17, 15) is 13.6 Å². The second kappa shape index (κ2) is 7.77. The van der Waals surface area contributed by atoms with Gasteiger partial charge in [0, 0.05) is 24.0 Å². The van der Waals surface area contributed by atoms with Crippen LogP contribution in [0.1, 0.15) is 36.7 Å². The van der Waals surface area contributed by atoms with Gasteiger partial charge in [-0.25, -0.2) is 0 Å². The highest BCUT2D eigenvalue weighted by atomic mass is 19.3. The molecule has 1 amide bonds. The van der Waals surface area contributed by atoms with Crippen LogP contribution in [0.5, 0.6) is 5.75 Å². The molecule has 1 saturated heterocycles. The van der Waals surface area contributed by atoms with E-state index in [1.165, 1.54) is 12.1 Å². The molecule has 0 spiro atoms. The van der Waals surface area contributed by atoms with E-state index in [1.807, 2.05) is 0 Å². The number of rotatable bonds is 6. The topological polar surface area (TPSA) is 70.2 Å². The van der Waals surface area contributed by atoms with Gasteiger partial charge in [0.2, 0.25) is 0 Å². The number of hydrogen-bond donors (Lipinski definition) is 2. The van der Waals surface area contributed by atoms with Crippen LogP contribution in [0.15, 0.2) is 18.2 Å². The van der Waals surface area contributed by atoms with Gasteiger partial charge in [-0.15, -0.1) is 0 Å². The number of piperidine rings is 1. The number of carbonyl (C=O) groups excluding carboxylic acids is 1. The predicted molar refractivity (Wildman–Crippen MR) is 89.9 cm³/mol. The van der Waals surface area contributed by atoms with Crippen LogP contribution in [0.2, 0.25) is 0 Å². The maximum absolute atomic E-state index is 12.6. The molecule has 0 unspecified atom stereocenters. The quantitative estimate of drug-likeness (QED) is 0.839. The molecule has 25 heavy (non-hydrogen) atoms. The molecular weight excluding hydrogens is 330 g/mol. The molecule has 6 nitrogen and oxygen atoms in total. The zero-order valence-electron chi connectivity index (χ0n) is 14.1. The Hall–Kier alpha value is -2.22. The highest BCUT2D eigenvalue weighted by Gasteiger charge is 2.23. The van der Waals surface area contributed by atoms with Gasteiger partial charge in [-0.2, -0.15) is 13.9 Å². The number of H-pyrrole nitrogens is 1. The summed E-state index contributed by atoms with van der Waals surface area (Å²) in [5.74, 6) is -0.224. The third kappa shape index (κ3) is 4.25. The molecule has 1 aromatic heterocycles. The average Bonchev–Trinajstić information content (AvgIpc) is 2.98. The predicted octanol–water partition coefficient (Wildman–Crippen LogP) is 2.77. The maximum atomic E-state index is 12.6. The fraction of sp³-hybridized carbons (Fsp3) is 0.529. The summed E-state index contributed by atoms with van der Waals surface area (Å²) in [5.41, 5.74) is 0.755. The van der Waals surface area contributed by atoms with E-state index < -0.39 is 6.61 Å². The molecule has 2 aromatic rings. The number of alkyl halides is 2. The number of hydrogen-bond acceptors (Lipinski definition) is 4. The van der Waals surface area contributed by atoms with Crippen LogP contribution in [0, 0.1) is 0 Å². The van der Waals surface area contributed by atoms with E-state index in [-0.39, 0.29) is 23.4 Å². The first kappa shape index (κ1) is 17.6. The van der Waals surface area contributed by atoms with Gasteiger partial charge < -0.3 is 15.0 Å². The van der Waals surface area contributed by atoms with Gasteiger partial charge in [-0.3, -0.25) is 9.89 Å². The van der Waals surface area contributed by atoms with Crippen molar-refractivity contribution < 1.29 is 18.3 Å². The van der Waals surface area contributed by atoms with Gasteiger partial charge in [-0.1, -0.05) is 6.92 Å². The number of aromatic amines is 1. The van der Waals surface area contributed by atoms with E-state index in [4.69, 9.17) is 0 Å². The van der Waals surface area contributed by atoms with Crippen molar-refractivity contribution in [3.05, 3.63) is 23.9 Å². The lowest BCUT2D eigenvalue weighted by Crippen LogP contribution is -2.47. The Labute approximate surface area is 144 Å². The zero-order valence-corrected chi connectivity index (χ0v) is 14.1. The standard InChI is InChI=1S/C17H22F2N4O2/c1-2-7-23-8-3-4-11(10-23)20-16(24)15-13-6-5-12(25-17(18)19)9-14(13)21-22-15/h5-6,9,11,17H,2-4,7-8,10H2,1H3,(H,20,24)(H,21,22)/t11-/m1/s1. The molecule has 1 aliphatic heterocycles. The van der Waals surface area contributed by atoms with Crippen molar-refractivity contribution in [1.29, 1.82) is 0 Å². The lowest BCUT2D eigenvalue weighted by atomic mass is 10.0. The lowest BCUT2D eigenvalue weighted by molar-refractivity contribution is -0.0497. The number of amides is 1. The average molecular weight is 352 g/mol. The third-order valence-electron chi connectivity index (χ3n) is 4.36. The zero-order chi connectivity index (χ0) is 17.8. The van der Waals surface area contributed by atoms with Gasteiger partial charge in [0.15, 0.2) is 5.69 Å². The van der Waals surface area contributed by atoms with Gasteiger partial charge in [0.25, 0.3) is 5.91 Å². The normalized spacial score (nSPS) is 18.6. The third-order valence-corrected chi connectivity index (χ3v) is 4.36. The molecule has 2 N–H and O–H groups in total. The summed E-state index contributed by atoms with van der Waals surface area (Å²) in [6.45, 7) is 2.20. The Balaban J connectivity index is 1.69. The Kier molecular flexibility index (Phi) is 5.47. The number of benzene rings is 1. The Bertz CT molecular complexity index is 733. The lowest BCUT2D eigenvalue weighted by Gasteiger charge is -2.32. The van der Waals surface area contributed by atoms with Crippen LogP contribution in [-0.2, 0) is 0 Å². The molecular formula is C17H22F2N4O2. The van der Waals surface area contributed by atoms with Crippen LogP contribution in [0.4, 0.5) is 8.78 Å². The van der Waals surface area contributed by atoms with Crippen molar-refractivity contribution in [1.82, 2.24) is 20.4 Å². The number of aromatic nitrogens is 2. The molecule has 1 atom stereocenters. The molecule has 0 bridgehead atoms. The first-order valence-electron chi connectivity index (χ1n) is 8.53. The van der Waals surface area contributed by atoms with E-state index in [2.05, 4.69) is 32.1 Å². The molecule has 3 rings (SSSR count). The van der Waals surface area contributed by atoms with Crippen LogP contribution < -0.4 is 10.1 Å². The summed E-state index contributed by atoms with van der Waals surface area (Å²) in [5, 5.41) is 10.4. The van der Waals surface area contributed by atoms with Crippen molar-refractivity contribution >= 4 is 16.8 Å². The minimum Gasteiger partial charge on any atom is -0.435 e. The van der Waals surface area contributed by atoms with Gasteiger partial charge >= 0.3 is 6.61 Å². The molecule has 1 aliphatic rings. The molecule has 1 fully saturated rings. The van der Waals surface area contributed by atoms with E-state index in [0.29, 0.717) is 10.9 Å². The summed E-state index contributed by atoms with van der Waals surface area (Å²) < 4.78 is 28.9. The second-order valence-electron chi connectivity index (χ2n) is 6.27. The van der Waals surface area contributed by atoms with Crippen LogP contribution in [0.3, 0.4) is 0 Å². The number of nitrogens with zero attached hydrogens (tertiary/aromatic N) is 2. The van der Waals surface area contributed by atoms with Crippen molar-refractivity contribution in [3.63, 3.8) is 0 Å². The fourth-order valence-corrected chi connectivity index (χ4v) is 3.29. The number of fused-ring (bicyclic) bond motifs is 1. The number of carbonyl (C=O) groups is 1. The SMILES string of the molecule is CCCN1CCC[C@@H](NC(=O)c2n[nH]c3cc(OC(F)F)ccc23)C1. The molecule has 0 aliphatic carbocycles. The first-order valence-corrected chi connectivity index (χ1v) is 8.53. The molecule has 2 heterocycles. The number of ether oxygens (including phenoxy) is 1. The molecule has 0 radical (unpaired) electrons. The Morgan fingerprint density at radius 3 is 3.12 bits per heavy atom. The minimum absolute atomic E-state index is 0.0283. The van der Waals surface area contributed by atoms with Crippen LogP contribution in [0.25, 0.3) is 10.9 Å². The highest BCUT2D eigenvalue weighted by Crippen LogP contribution is 2.23. The summed E-state index contributed by atoms with van der Waals surface area (Å²) in [4.78, 5) is 14.9. The van der Waals surface area contributed by atoms with Gasteiger partial charge in [-0.05, 0) is 44.5 Å². The molecule has 1 aromatic carbocycles. The summed E-state index contributed by atoms with van der Waals surface area (Å²) >= 11 is 0. The number of likely N-dealkylation sites (tertiary alicyclic amines) is 1. The summed E-state index contributed by atoms with van der Waals surface area (Å²) in [7, 11) is 0. The molecule has 136 valence electrons. The highest BCUT2D eigenvalue weighted by molar-refractivity contribution is 6.05. The van der Waals surface area contributed by atoms with Gasteiger partial charge in [0.1, 0.15) is 5.75 Å². The van der Waals surface area contributed by atoms with Crippen molar-refractivity contribution in [2.75, 3.05) is 19.6 Å². The van der Waals surface area contributed by atoms with Crippen LogP contribution in [-0.4, -0.2) is 53.3 Å². The van der Waals surface area contributed by atoms with Gasteiger partial charge in [0.05, 0.1) is 5.52 Å². The summed E-state index contributed by atoms with van der Waals surface area (Å²) in [6, 6.07) is 4.48. The van der Waals surface area contributed by atoms with E-state index in [0.717, 1.165) is 38.9 Å². The van der Waals surface area contributed by atoms with Crippen LogP contribution >= 0.6 is 0 Å². The maximum Gasteiger partial charge on any atom is 0.387 e. The summed E-state index contributed by atoms with van der Waals surface area (Å²) in [6.07, 6.45) is 3.09. The largest absolute Gasteiger partial charge is 0.435 e.